The minimum Gasteiger partial charge on any atom is -0.624 e. The molecule has 2 aromatic carbocycles. The average molecular weight is 381 g/mol. The second kappa shape index (κ2) is 8.59. The van der Waals surface area contributed by atoms with E-state index < -0.39 is 11.1 Å². The van der Waals surface area contributed by atoms with E-state index in [0.717, 1.165) is 20.6 Å². The van der Waals surface area contributed by atoms with Crippen LogP contribution in [-0.2, 0) is 0 Å². The van der Waals surface area contributed by atoms with Crippen molar-refractivity contribution in [2.45, 2.75) is 64.5 Å². The number of benzene rings is 2. The van der Waals surface area contributed by atoms with Gasteiger partial charge in [-0.15, -0.1) is 0 Å². The molecule has 2 atom stereocenters. The zero-order chi connectivity index (χ0) is 20.9. The number of rotatable bonds is 5. The van der Waals surface area contributed by atoms with E-state index in [2.05, 4.69) is 0 Å². The van der Waals surface area contributed by atoms with Gasteiger partial charge in [-0.25, -0.2) is 9.48 Å². The summed E-state index contributed by atoms with van der Waals surface area (Å²) in [6, 6.07) is 19.8. The fraction of sp³-hybridized carbons (Fsp3) is 0.417. The van der Waals surface area contributed by atoms with Crippen molar-refractivity contribution >= 4 is 12.4 Å². The van der Waals surface area contributed by atoms with Crippen molar-refractivity contribution in [3.8, 4) is 0 Å². The minimum atomic E-state index is -0.560. The smallest absolute Gasteiger partial charge is 0.164 e. The third kappa shape index (κ3) is 5.69. The van der Waals surface area contributed by atoms with Crippen molar-refractivity contribution in [1.29, 1.82) is 0 Å². The fourth-order valence-corrected chi connectivity index (χ4v) is 2.86. The molecule has 4 heteroatoms. The quantitative estimate of drug-likeness (QED) is 0.305. The van der Waals surface area contributed by atoms with Gasteiger partial charge in [-0.1, -0.05) is 60.7 Å². The Morgan fingerprint density at radius 3 is 1.14 bits per heavy atom. The molecule has 2 rings (SSSR count). The molecule has 0 saturated carbocycles. The van der Waals surface area contributed by atoms with Gasteiger partial charge in [0.2, 0.25) is 0 Å². The van der Waals surface area contributed by atoms with Crippen molar-refractivity contribution in [3.05, 3.63) is 82.2 Å². The van der Waals surface area contributed by atoms with Crippen LogP contribution >= 0.6 is 0 Å². The van der Waals surface area contributed by atoms with Crippen LogP contribution in [0.4, 0.5) is 0 Å². The first-order valence-corrected chi connectivity index (χ1v) is 9.73. The summed E-state index contributed by atoms with van der Waals surface area (Å²) >= 11 is 0. The summed E-state index contributed by atoms with van der Waals surface area (Å²) in [6.45, 7) is 11.3. The van der Waals surface area contributed by atoms with E-state index in [4.69, 9.17) is 0 Å². The molecule has 0 spiro atoms. The van der Waals surface area contributed by atoms with Crippen LogP contribution < -0.4 is 0 Å². The number of nitrogens with zero attached hydrogens (tertiary/aromatic N) is 2. The summed E-state index contributed by atoms with van der Waals surface area (Å²) in [7, 11) is 0. The summed E-state index contributed by atoms with van der Waals surface area (Å²) in [5, 5.41) is 25.6. The lowest BCUT2D eigenvalue weighted by atomic mass is 9.82. The highest BCUT2D eigenvalue weighted by molar-refractivity contribution is 5.77. The first-order chi connectivity index (χ1) is 13.0. The van der Waals surface area contributed by atoms with E-state index in [1.165, 1.54) is 0 Å². The normalized spacial score (nSPS) is 15.9. The van der Waals surface area contributed by atoms with Crippen LogP contribution in [-0.4, -0.2) is 33.0 Å². The van der Waals surface area contributed by atoms with Crippen LogP contribution in [0.25, 0.3) is 0 Å². The van der Waals surface area contributed by atoms with Gasteiger partial charge < -0.3 is 10.4 Å². The van der Waals surface area contributed by atoms with E-state index in [-0.39, 0.29) is 11.8 Å². The predicted molar refractivity (Wildman–Crippen MR) is 117 cm³/mol. The predicted octanol–water partition coefficient (Wildman–Crippen LogP) is 5.31. The standard InChI is InChI=1S/C24H32N2O2/c1-23(2,3)25(27)17-21(19-13-9-7-10-14-19)22(18-26(28)24(4,5)6)20-15-11-8-12-16-20/h7-18,21-22H,1-6H3/b25-17-,26-18-/t21-,22-/m0/s1. The van der Waals surface area contributed by atoms with E-state index in [0.29, 0.717) is 0 Å². The van der Waals surface area contributed by atoms with Crippen LogP contribution in [0.2, 0.25) is 0 Å². The largest absolute Gasteiger partial charge is 0.624 e. The molecule has 0 aromatic heterocycles. The highest BCUT2D eigenvalue weighted by Crippen LogP contribution is 2.31. The molecular weight excluding hydrogens is 348 g/mol. The molecule has 0 radical (unpaired) electrons. The summed E-state index contributed by atoms with van der Waals surface area (Å²) in [6.07, 6.45) is 3.42. The molecule has 0 aliphatic heterocycles. The molecule has 0 aliphatic rings. The first kappa shape index (κ1) is 21.7. The van der Waals surface area contributed by atoms with Crippen molar-refractivity contribution in [2.75, 3.05) is 0 Å². The van der Waals surface area contributed by atoms with Gasteiger partial charge in [0.25, 0.3) is 0 Å². The van der Waals surface area contributed by atoms with Crippen molar-refractivity contribution in [2.24, 2.45) is 0 Å². The molecule has 0 aliphatic carbocycles. The Bertz CT molecular complexity index is 742. The van der Waals surface area contributed by atoms with Gasteiger partial charge in [-0.05, 0) is 11.1 Å². The van der Waals surface area contributed by atoms with Gasteiger partial charge in [0.15, 0.2) is 23.5 Å². The van der Waals surface area contributed by atoms with E-state index in [1.807, 2.05) is 102 Å². The molecule has 0 saturated heterocycles. The van der Waals surface area contributed by atoms with Crippen LogP contribution in [0.15, 0.2) is 60.7 Å². The van der Waals surface area contributed by atoms with Crippen LogP contribution in [0.5, 0.6) is 0 Å². The molecule has 150 valence electrons. The fourth-order valence-electron chi connectivity index (χ4n) is 2.86. The van der Waals surface area contributed by atoms with Gasteiger partial charge in [0.05, 0.1) is 11.8 Å². The zero-order valence-corrected chi connectivity index (χ0v) is 17.8. The molecule has 0 bridgehead atoms. The molecule has 0 unspecified atom stereocenters. The van der Waals surface area contributed by atoms with Gasteiger partial charge in [0.1, 0.15) is 0 Å². The van der Waals surface area contributed by atoms with Gasteiger partial charge in [0, 0.05) is 41.5 Å². The molecule has 0 amide bonds. The summed E-state index contributed by atoms with van der Waals surface area (Å²) < 4.78 is 2.00. The molecule has 4 nitrogen and oxygen atoms in total. The van der Waals surface area contributed by atoms with Gasteiger partial charge in [-0.3, -0.25) is 0 Å². The third-order valence-electron chi connectivity index (χ3n) is 4.67. The summed E-state index contributed by atoms with van der Waals surface area (Å²) in [5.74, 6) is -0.529. The maximum absolute atomic E-state index is 12.8. The third-order valence-corrected chi connectivity index (χ3v) is 4.67. The Labute approximate surface area is 169 Å². The van der Waals surface area contributed by atoms with Crippen LogP contribution in [0.3, 0.4) is 0 Å². The number of hydrogen-bond donors (Lipinski definition) is 0. The molecular formula is C24H32N2O2. The van der Waals surface area contributed by atoms with Gasteiger partial charge in [-0.2, -0.15) is 0 Å². The molecule has 0 heterocycles. The highest BCUT2D eigenvalue weighted by atomic mass is 16.5. The lowest BCUT2D eigenvalue weighted by Crippen LogP contribution is -2.34. The zero-order valence-electron chi connectivity index (χ0n) is 17.8. The molecule has 2 aromatic rings. The van der Waals surface area contributed by atoms with Crippen molar-refractivity contribution in [3.63, 3.8) is 0 Å². The Balaban J connectivity index is 2.68. The average Bonchev–Trinajstić information content (AvgIpc) is 2.64. The van der Waals surface area contributed by atoms with Crippen LogP contribution in [0, 0.1) is 10.4 Å². The lowest BCUT2D eigenvalue weighted by molar-refractivity contribution is -0.534. The molecule has 28 heavy (non-hydrogen) atoms. The van der Waals surface area contributed by atoms with Crippen LogP contribution in [0.1, 0.15) is 64.5 Å². The SMILES string of the molecule is CC(C)(C)/[N+]([O-])=C/[C@@H](c1ccccc1)[C@@H](/C=[N+](\[O-])C(C)(C)C)c1ccccc1. The number of hydroxylamine groups is 2. The Hall–Kier alpha value is -2.62. The first-order valence-electron chi connectivity index (χ1n) is 9.73. The Morgan fingerprint density at radius 2 is 0.893 bits per heavy atom. The van der Waals surface area contributed by atoms with Crippen molar-refractivity contribution < 1.29 is 9.48 Å². The maximum Gasteiger partial charge on any atom is 0.164 e. The maximum atomic E-state index is 12.8. The van der Waals surface area contributed by atoms with Crippen molar-refractivity contribution in [1.82, 2.24) is 0 Å². The Morgan fingerprint density at radius 1 is 0.607 bits per heavy atom. The monoisotopic (exact) mass is 380 g/mol. The molecule has 0 N–H and O–H groups in total. The topological polar surface area (TPSA) is 52.1 Å². The van der Waals surface area contributed by atoms with E-state index in [9.17, 15) is 10.4 Å². The second-order valence-corrected chi connectivity index (χ2v) is 9.16. The lowest BCUT2D eigenvalue weighted by Gasteiger charge is -2.26. The number of hydrogen-bond acceptors (Lipinski definition) is 2. The minimum absolute atomic E-state index is 0.265. The Kier molecular flexibility index (Phi) is 6.65. The van der Waals surface area contributed by atoms with E-state index in [1.54, 1.807) is 12.4 Å². The summed E-state index contributed by atoms with van der Waals surface area (Å²) in [4.78, 5) is 0. The highest BCUT2D eigenvalue weighted by Gasteiger charge is 2.31. The molecule has 0 fully saturated rings. The van der Waals surface area contributed by atoms with E-state index >= 15 is 0 Å². The second-order valence-electron chi connectivity index (χ2n) is 9.16. The summed E-state index contributed by atoms with van der Waals surface area (Å²) in [5.41, 5.74) is 0.880. The van der Waals surface area contributed by atoms with Gasteiger partial charge >= 0.3 is 0 Å².